The summed E-state index contributed by atoms with van der Waals surface area (Å²) >= 11 is 2.66. The van der Waals surface area contributed by atoms with Gasteiger partial charge in [-0.3, -0.25) is 18.6 Å². The number of rotatable bonds is 8. The quantitative estimate of drug-likeness (QED) is 0.232. The van der Waals surface area contributed by atoms with Gasteiger partial charge in [0.15, 0.2) is 5.16 Å². The van der Waals surface area contributed by atoms with Crippen LogP contribution in [0.4, 0.5) is 0 Å². The van der Waals surface area contributed by atoms with Crippen LogP contribution in [0.2, 0.25) is 0 Å². The Morgan fingerprint density at radius 1 is 1.17 bits per heavy atom. The van der Waals surface area contributed by atoms with Crippen LogP contribution in [0.25, 0.3) is 15.9 Å². The van der Waals surface area contributed by atoms with E-state index < -0.39 is 5.97 Å². The summed E-state index contributed by atoms with van der Waals surface area (Å²) in [7, 11) is 0. The molecule has 0 amide bonds. The van der Waals surface area contributed by atoms with Gasteiger partial charge in [-0.2, -0.15) is 0 Å². The van der Waals surface area contributed by atoms with Gasteiger partial charge in [-0.1, -0.05) is 17.8 Å². The summed E-state index contributed by atoms with van der Waals surface area (Å²) < 4.78 is 3.62. The zero-order valence-corrected chi connectivity index (χ0v) is 17.4. The molecular weight excluding hydrogens is 424 g/mol. The van der Waals surface area contributed by atoms with Gasteiger partial charge < -0.3 is 9.90 Å². The van der Waals surface area contributed by atoms with Gasteiger partial charge in [0.25, 0.3) is 11.1 Å². The predicted molar refractivity (Wildman–Crippen MR) is 114 cm³/mol. The van der Waals surface area contributed by atoms with Crippen LogP contribution in [0.1, 0.15) is 25.0 Å². The number of carboxylic acids is 1. The third-order valence-corrected chi connectivity index (χ3v) is 6.42. The lowest BCUT2D eigenvalue weighted by atomic mass is 10.2. The minimum absolute atomic E-state index is 0.0448. The topological polar surface area (TPSA) is 109 Å². The van der Waals surface area contributed by atoms with Crippen LogP contribution in [0.3, 0.4) is 0 Å². The van der Waals surface area contributed by atoms with Crippen LogP contribution in [-0.2, 0) is 17.1 Å². The minimum atomic E-state index is -1.10. The fraction of sp³-hybridized carbons (Fsp3) is 0.250. The van der Waals surface area contributed by atoms with Gasteiger partial charge in [-0.05, 0) is 42.8 Å². The second-order valence-electron chi connectivity index (χ2n) is 6.62. The zero-order valence-electron chi connectivity index (χ0n) is 15.8. The van der Waals surface area contributed by atoms with E-state index in [1.807, 2.05) is 11.4 Å². The first-order valence-electron chi connectivity index (χ1n) is 9.31. The maximum atomic E-state index is 12.9. The summed E-state index contributed by atoms with van der Waals surface area (Å²) in [6, 6.07) is 8.62. The highest BCUT2D eigenvalue weighted by Gasteiger charge is 2.13. The summed E-state index contributed by atoms with van der Waals surface area (Å²) in [4.78, 5) is 44.9. The first-order chi connectivity index (χ1) is 14.5. The number of carbonyl (C=O) groups excluding carboxylic acids is 1. The molecule has 8 nitrogen and oxygen atoms in total. The number of aromatic nitrogens is 4. The van der Waals surface area contributed by atoms with Gasteiger partial charge in [0, 0.05) is 30.5 Å². The van der Waals surface area contributed by atoms with Crippen LogP contribution >= 0.6 is 23.1 Å². The Labute approximate surface area is 178 Å². The number of hydrogen-bond acceptors (Lipinski definition) is 8. The average Bonchev–Trinajstić information content (AvgIpc) is 3.20. The fourth-order valence-electron chi connectivity index (χ4n) is 3.09. The Kier molecular flexibility index (Phi) is 5.96. The molecular formula is C20H17N4O4S2-. The van der Waals surface area contributed by atoms with E-state index >= 15 is 0 Å². The average molecular weight is 442 g/mol. The van der Waals surface area contributed by atoms with Crippen molar-refractivity contribution in [2.45, 2.75) is 36.7 Å². The number of pyridine rings is 1. The summed E-state index contributed by atoms with van der Waals surface area (Å²) in [6.07, 6.45) is 2.56. The van der Waals surface area contributed by atoms with Crippen molar-refractivity contribution in [1.82, 2.24) is 18.9 Å². The highest BCUT2D eigenvalue weighted by Crippen LogP contribution is 2.23. The second kappa shape index (κ2) is 8.80. The predicted octanol–water partition coefficient (Wildman–Crippen LogP) is 1.68. The van der Waals surface area contributed by atoms with Crippen molar-refractivity contribution in [1.29, 1.82) is 0 Å². The first-order valence-corrected chi connectivity index (χ1v) is 11.2. The van der Waals surface area contributed by atoms with Gasteiger partial charge in [0.05, 0.1) is 11.2 Å². The third-order valence-electron chi connectivity index (χ3n) is 4.52. The number of carboxylic acid groups (broad SMARTS) is 1. The largest absolute Gasteiger partial charge is 0.550 e. The molecule has 0 aliphatic carbocycles. The van der Waals surface area contributed by atoms with Crippen molar-refractivity contribution in [2.75, 3.05) is 0 Å². The molecule has 4 heterocycles. The van der Waals surface area contributed by atoms with E-state index in [1.54, 1.807) is 29.0 Å². The lowest BCUT2D eigenvalue weighted by molar-refractivity contribution is -0.305. The monoisotopic (exact) mass is 441 g/mol. The summed E-state index contributed by atoms with van der Waals surface area (Å²) in [6.45, 7) is 0.364. The maximum Gasteiger partial charge on any atom is 0.272 e. The molecule has 0 atom stereocenters. The Bertz CT molecular complexity index is 1340. The number of carbonyl (C=O) groups is 1. The Hall–Kier alpha value is -2.98. The minimum Gasteiger partial charge on any atom is -0.550 e. The van der Waals surface area contributed by atoms with Crippen molar-refractivity contribution < 1.29 is 9.90 Å². The van der Waals surface area contributed by atoms with Crippen LogP contribution < -0.4 is 16.2 Å². The lowest BCUT2D eigenvalue weighted by Gasteiger charge is -2.12. The number of fused-ring (bicyclic) bond motifs is 2. The molecule has 0 saturated carbocycles. The van der Waals surface area contributed by atoms with E-state index in [2.05, 4.69) is 9.97 Å². The molecule has 0 saturated heterocycles. The van der Waals surface area contributed by atoms with Gasteiger partial charge >= 0.3 is 0 Å². The normalized spacial score (nSPS) is 11.3. The van der Waals surface area contributed by atoms with Crippen molar-refractivity contribution in [3.8, 4) is 0 Å². The highest BCUT2D eigenvalue weighted by molar-refractivity contribution is 7.98. The van der Waals surface area contributed by atoms with Gasteiger partial charge in [-0.25, -0.2) is 9.97 Å². The van der Waals surface area contributed by atoms with E-state index in [4.69, 9.17) is 0 Å². The van der Waals surface area contributed by atoms with Crippen LogP contribution in [0.5, 0.6) is 0 Å². The number of aliphatic carboxylic acids is 1. The smallest absolute Gasteiger partial charge is 0.272 e. The molecule has 0 aliphatic heterocycles. The number of unbranched alkanes of at least 4 members (excludes halogenated alkanes) is 1. The van der Waals surface area contributed by atoms with Crippen LogP contribution in [-0.4, -0.2) is 24.9 Å². The maximum absolute atomic E-state index is 12.9. The van der Waals surface area contributed by atoms with Crippen LogP contribution in [0, 0.1) is 0 Å². The zero-order chi connectivity index (χ0) is 21.1. The standard InChI is InChI=1S/C20H18N4O4S2/c25-16-11-13(21-15-5-1-3-8-23(15)16)12-30-20-22-14-7-10-29-18(14)19(28)24(20)9-4-2-6-17(26)27/h1,3,5,7-8,10-11H,2,4,6,9,12H2,(H,26,27)/p-1. The first kappa shape index (κ1) is 20.3. The molecule has 154 valence electrons. The SMILES string of the molecule is O=C([O-])CCCCn1c(SCc2cc(=O)n3ccccc3n2)nc2ccsc2c1=O. The van der Waals surface area contributed by atoms with Crippen molar-refractivity contribution in [2.24, 2.45) is 0 Å². The Morgan fingerprint density at radius 3 is 2.87 bits per heavy atom. The Morgan fingerprint density at radius 2 is 2.03 bits per heavy atom. The van der Waals surface area contributed by atoms with Crippen LogP contribution in [0.15, 0.2) is 56.7 Å². The molecule has 0 fully saturated rings. The molecule has 0 radical (unpaired) electrons. The Balaban J connectivity index is 1.61. The van der Waals surface area contributed by atoms with E-state index in [-0.39, 0.29) is 17.5 Å². The third kappa shape index (κ3) is 4.29. The number of hydrogen-bond donors (Lipinski definition) is 0. The van der Waals surface area contributed by atoms with Crippen molar-refractivity contribution in [3.63, 3.8) is 0 Å². The van der Waals surface area contributed by atoms with Crippen molar-refractivity contribution >= 4 is 44.9 Å². The van der Waals surface area contributed by atoms with Gasteiger partial charge in [-0.15, -0.1) is 11.3 Å². The van der Waals surface area contributed by atoms with E-state index in [0.29, 0.717) is 51.9 Å². The highest BCUT2D eigenvalue weighted by atomic mass is 32.2. The summed E-state index contributed by atoms with van der Waals surface area (Å²) in [5.74, 6) is -0.723. The molecule has 0 bridgehead atoms. The van der Waals surface area contributed by atoms with Gasteiger partial charge in [0.1, 0.15) is 10.3 Å². The number of thioether (sulfide) groups is 1. The molecule has 0 aromatic carbocycles. The number of thiophene rings is 1. The second-order valence-corrected chi connectivity index (χ2v) is 8.48. The fourth-order valence-corrected chi connectivity index (χ4v) is 4.78. The molecule has 4 aromatic heterocycles. The summed E-state index contributed by atoms with van der Waals surface area (Å²) in [5, 5.41) is 13.0. The molecule has 4 aromatic rings. The van der Waals surface area contributed by atoms with E-state index in [9.17, 15) is 19.5 Å². The van der Waals surface area contributed by atoms with Gasteiger partial charge in [0.2, 0.25) is 0 Å². The molecule has 4 rings (SSSR count). The molecule has 0 spiro atoms. The molecule has 0 N–H and O–H groups in total. The number of nitrogens with zero attached hydrogens (tertiary/aromatic N) is 4. The summed E-state index contributed by atoms with van der Waals surface area (Å²) in [5.41, 5.74) is 1.47. The molecule has 0 aliphatic rings. The van der Waals surface area contributed by atoms with E-state index in [1.165, 1.54) is 33.6 Å². The molecule has 30 heavy (non-hydrogen) atoms. The molecule has 10 heteroatoms. The molecule has 0 unspecified atom stereocenters. The lowest BCUT2D eigenvalue weighted by Crippen LogP contribution is -2.24. The van der Waals surface area contributed by atoms with E-state index in [0.717, 1.165) is 0 Å². The van der Waals surface area contributed by atoms with Crippen molar-refractivity contribution in [3.05, 3.63) is 68.3 Å².